The first-order valence-electron chi connectivity index (χ1n) is 6.19. The van der Waals surface area contributed by atoms with Crippen molar-refractivity contribution in [3.63, 3.8) is 0 Å². The number of hydrogen-bond acceptors (Lipinski definition) is 5. The van der Waals surface area contributed by atoms with Gasteiger partial charge in [0, 0.05) is 6.54 Å². The molecular formula is C13H19NO5S. The summed E-state index contributed by atoms with van der Waals surface area (Å²) in [6, 6.07) is 9.32. The summed E-state index contributed by atoms with van der Waals surface area (Å²) in [5.74, 6) is 0. The first-order chi connectivity index (χ1) is 9.37. The van der Waals surface area contributed by atoms with Crippen molar-refractivity contribution in [1.29, 1.82) is 0 Å². The number of hydrogen-bond donors (Lipinski definition) is 1. The minimum atomic E-state index is -3.46. The van der Waals surface area contributed by atoms with Crippen molar-refractivity contribution in [3.8, 4) is 0 Å². The molecule has 0 unspecified atom stereocenters. The van der Waals surface area contributed by atoms with E-state index in [-0.39, 0.29) is 13.2 Å². The first kappa shape index (κ1) is 16.5. The van der Waals surface area contributed by atoms with Crippen molar-refractivity contribution < 1.29 is 22.1 Å². The third-order valence-electron chi connectivity index (χ3n) is 2.37. The van der Waals surface area contributed by atoms with Crippen molar-refractivity contribution in [2.24, 2.45) is 0 Å². The maximum Gasteiger partial charge on any atom is 0.407 e. The third-order valence-corrected chi connectivity index (χ3v) is 3.05. The third kappa shape index (κ3) is 7.75. The summed E-state index contributed by atoms with van der Waals surface area (Å²) in [6.07, 6.45) is 0.346. The SMILES string of the molecule is C[C@H](CCNC(=O)OCc1ccccc1)OS(C)(=O)=O. The van der Waals surface area contributed by atoms with Crippen LogP contribution in [0.4, 0.5) is 4.79 Å². The normalized spacial score (nSPS) is 12.7. The molecule has 112 valence electrons. The van der Waals surface area contributed by atoms with E-state index in [0.717, 1.165) is 11.8 Å². The van der Waals surface area contributed by atoms with E-state index in [1.165, 1.54) is 0 Å². The fraction of sp³-hybridized carbons (Fsp3) is 0.462. The Labute approximate surface area is 119 Å². The number of benzene rings is 1. The number of alkyl carbamates (subject to hydrolysis) is 1. The lowest BCUT2D eigenvalue weighted by molar-refractivity contribution is 0.137. The summed E-state index contributed by atoms with van der Waals surface area (Å²) in [4.78, 5) is 11.4. The lowest BCUT2D eigenvalue weighted by atomic mass is 10.2. The second-order valence-electron chi connectivity index (χ2n) is 4.39. The zero-order valence-corrected chi connectivity index (χ0v) is 12.4. The molecule has 0 saturated heterocycles. The average molecular weight is 301 g/mol. The summed E-state index contributed by atoms with van der Waals surface area (Å²) in [5, 5.41) is 2.53. The standard InChI is InChI=1S/C13H19NO5S/c1-11(19-20(2,16)17)8-9-14-13(15)18-10-12-6-4-3-5-7-12/h3-7,11H,8-10H2,1-2H3,(H,14,15)/t11-/m1/s1. The van der Waals surface area contributed by atoms with E-state index in [9.17, 15) is 13.2 Å². The molecule has 0 saturated carbocycles. The predicted octanol–water partition coefficient (Wildman–Crippen LogP) is 1.67. The van der Waals surface area contributed by atoms with Crippen molar-refractivity contribution in [1.82, 2.24) is 5.32 Å². The van der Waals surface area contributed by atoms with Gasteiger partial charge in [-0.3, -0.25) is 4.18 Å². The molecule has 0 aliphatic carbocycles. The molecule has 0 aromatic heterocycles. The maximum atomic E-state index is 11.4. The lowest BCUT2D eigenvalue weighted by Crippen LogP contribution is -2.28. The molecule has 0 radical (unpaired) electrons. The topological polar surface area (TPSA) is 81.7 Å². The number of rotatable bonds is 7. The minimum Gasteiger partial charge on any atom is -0.445 e. The molecule has 1 aromatic rings. The molecule has 20 heavy (non-hydrogen) atoms. The molecule has 1 atom stereocenters. The van der Waals surface area contributed by atoms with Gasteiger partial charge < -0.3 is 10.1 Å². The van der Waals surface area contributed by atoms with Gasteiger partial charge in [0.25, 0.3) is 10.1 Å². The molecule has 1 amide bonds. The molecule has 0 heterocycles. The molecule has 0 fully saturated rings. The summed E-state index contributed by atoms with van der Waals surface area (Å²) in [5.41, 5.74) is 0.899. The Morgan fingerprint density at radius 3 is 2.55 bits per heavy atom. The fourth-order valence-corrected chi connectivity index (χ4v) is 2.19. The number of amides is 1. The van der Waals surface area contributed by atoms with Gasteiger partial charge >= 0.3 is 6.09 Å². The van der Waals surface area contributed by atoms with Crippen LogP contribution in [-0.4, -0.2) is 33.4 Å². The molecular weight excluding hydrogens is 282 g/mol. The van der Waals surface area contributed by atoms with Crippen molar-refractivity contribution in [3.05, 3.63) is 35.9 Å². The van der Waals surface area contributed by atoms with Gasteiger partial charge in [0.05, 0.1) is 12.4 Å². The summed E-state index contributed by atoms with van der Waals surface area (Å²) >= 11 is 0. The first-order valence-corrected chi connectivity index (χ1v) is 8.01. The molecule has 1 rings (SSSR count). The van der Waals surface area contributed by atoms with E-state index in [1.54, 1.807) is 6.92 Å². The van der Waals surface area contributed by atoms with Crippen LogP contribution in [0.5, 0.6) is 0 Å². The Kier molecular flexibility index (Phi) is 6.47. The zero-order chi connectivity index (χ0) is 15.0. The average Bonchev–Trinajstić information content (AvgIpc) is 2.35. The second kappa shape index (κ2) is 7.86. The van der Waals surface area contributed by atoms with Crippen LogP contribution in [0.25, 0.3) is 0 Å². The fourth-order valence-electron chi connectivity index (χ4n) is 1.50. The summed E-state index contributed by atoms with van der Waals surface area (Å²) in [7, 11) is -3.46. The number of nitrogens with one attached hydrogen (secondary N) is 1. The number of carbonyl (C=O) groups excluding carboxylic acids is 1. The Bertz CT molecular complexity index is 515. The van der Waals surface area contributed by atoms with Crippen LogP contribution in [0.3, 0.4) is 0 Å². The largest absolute Gasteiger partial charge is 0.445 e. The molecule has 1 N–H and O–H groups in total. The van der Waals surface area contributed by atoms with E-state index < -0.39 is 22.3 Å². The van der Waals surface area contributed by atoms with Gasteiger partial charge in [-0.15, -0.1) is 0 Å². The highest BCUT2D eigenvalue weighted by molar-refractivity contribution is 7.86. The molecule has 0 bridgehead atoms. The molecule has 0 aliphatic rings. The second-order valence-corrected chi connectivity index (χ2v) is 5.99. The molecule has 1 aromatic carbocycles. The Hall–Kier alpha value is -1.60. The van der Waals surface area contributed by atoms with E-state index in [2.05, 4.69) is 5.32 Å². The Balaban J connectivity index is 2.17. The van der Waals surface area contributed by atoms with Gasteiger partial charge in [0.15, 0.2) is 0 Å². The maximum absolute atomic E-state index is 11.4. The summed E-state index contributed by atoms with van der Waals surface area (Å²) < 4.78 is 31.5. The van der Waals surface area contributed by atoms with Gasteiger partial charge in [-0.1, -0.05) is 30.3 Å². The van der Waals surface area contributed by atoms with Crippen molar-refractivity contribution >= 4 is 16.2 Å². The van der Waals surface area contributed by atoms with E-state index >= 15 is 0 Å². The highest BCUT2D eigenvalue weighted by Crippen LogP contribution is 2.02. The highest BCUT2D eigenvalue weighted by Gasteiger charge is 2.10. The van der Waals surface area contributed by atoms with Crippen LogP contribution >= 0.6 is 0 Å². The van der Waals surface area contributed by atoms with E-state index in [0.29, 0.717) is 6.42 Å². The summed E-state index contributed by atoms with van der Waals surface area (Å²) in [6.45, 7) is 2.10. The molecule has 0 aliphatic heterocycles. The van der Waals surface area contributed by atoms with Gasteiger partial charge in [-0.2, -0.15) is 8.42 Å². The Morgan fingerprint density at radius 2 is 1.95 bits per heavy atom. The van der Waals surface area contributed by atoms with Crippen LogP contribution in [0.1, 0.15) is 18.9 Å². The monoisotopic (exact) mass is 301 g/mol. The van der Waals surface area contributed by atoms with Crippen LogP contribution in [-0.2, 0) is 25.6 Å². The zero-order valence-electron chi connectivity index (χ0n) is 11.5. The van der Waals surface area contributed by atoms with Crippen LogP contribution in [0.2, 0.25) is 0 Å². The van der Waals surface area contributed by atoms with Gasteiger partial charge in [0.1, 0.15) is 6.61 Å². The van der Waals surface area contributed by atoms with Gasteiger partial charge in [-0.25, -0.2) is 4.79 Å². The van der Waals surface area contributed by atoms with Gasteiger partial charge in [-0.05, 0) is 18.9 Å². The van der Waals surface area contributed by atoms with E-state index in [1.807, 2.05) is 30.3 Å². The van der Waals surface area contributed by atoms with Crippen molar-refractivity contribution in [2.75, 3.05) is 12.8 Å². The molecule has 0 spiro atoms. The van der Waals surface area contributed by atoms with Crippen LogP contribution < -0.4 is 5.32 Å². The number of ether oxygens (including phenoxy) is 1. The smallest absolute Gasteiger partial charge is 0.407 e. The van der Waals surface area contributed by atoms with Gasteiger partial charge in [0.2, 0.25) is 0 Å². The lowest BCUT2D eigenvalue weighted by Gasteiger charge is -2.11. The molecule has 6 nitrogen and oxygen atoms in total. The minimum absolute atomic E-state index is 0.196. The van der Waals surface area contributed by atoms with E-state index in [4.69, 9.17) is 8.92 Å². The van der Waals surface area contributed by atoms with Crippen LogP contribution in [0.15, 0.2) is 30.3 Å². The quantitative estimate of drug-likeness (QED) is 0.775. The highest BCUT2D eigenvalue weighted by atomic mass is 32.2. The van der Waals surface area contributed by atoms with Crippen molar-refractivity contribution in [2.45, 2.75) is 26.1 Å². The predicted molar refractivity (Wildman–Crippen MR) is 74.6 cm³/mol. The number of carbonyl (C=O) groups is 1. The van der Waals surface area contributed by atoms with Crippen LogP contribution in [0, 0.1) is 0 Å². The Morgan fingerprint density at radius 1 is 1.30 bits per heavy atom. The molecule has 7 heteroatoms.